The number of rotatable bonds is 5. The first-order valence-corrected chi connectivity index (χ1v) is 10.9. The Kier molecular flexibility index (Phi) is 6.05. The molecule has 0 bridgehead atoms. The Hall–Kier alpha value is -1.75. The Morgan fingerprint density at radius 3 is 2.69 bits per heavy atom. The van der Waals surface area contributed by atoms with Crippen LogP contribution in [0.4, 0.5) is 0 Å². The molecule has 4 rings (SSSR count). The summed E-state index contributed by atoms with van der Waals surface area (Å²) >= 11 is 6.48. The van der Waals surface area contributed by atoms with Crippen LogP contribution in [0.25, 0.3) is 0 Å². The predicted molar refractivity (Wildman–Crippen MR) is 116 cm³/mol. The third-order valence-corrected chi connectivity index (χ3v) is 7.13. The molecule has 1 saturated carbocycles. The van der Waals surface area contributed by atoms with E-state index in [1.54, 1.807) is 14.2 Å². The van der Waals surface area contributed by atoms with Gasteiger partial charge in [-0.2, -0.15) is 0 Å². The van der Waals surface area contributed by atoms with Gasteiger partial charge >= 0.3 is 0 Å². The molecular weight excluding hydrogens is 386 g/mol. The Balaban J connectivity index is 1.76. The third kappa shape index (κ3) is 3.98. The van der Waals surface area contributed by atoms with Gasteiger partial charge < -0.3 is 14.6 Å². The standard InChI is InChI=1S/C24H30ClNO3/c1-28-18-10-11-19(22(15-18)29-2)23-20-8-5-6-12-24(20,27)13-14-26(23)16-17-7-3-4-9-21(17)25/h3-4,7,9-11,15,20,23,27H,5-6,8,12-14,16H2,1-2H3/t20-,23-,24+/m1/s1. The summed E-state index contributed by atoms with van der Waals surface area (Å²) in [6.07, 6.45) is 4.96. The van der Waals surface area contributed by atoms with Crippen LogP contribution in [0.1, 0.15) is 49.3 Å². The summed E-state index contributed by atoms with van der Waals surface area (Å²) < 4.78 is 11.2. The van der Waals surface area contributed by atoms with Crippen LogP contribution in [0.15, 0.2) is 42.5 Å². The molecule has 2 fully saturated rings. The monoisotopic (exact) mass is 415 g/mol. The highest BCUT2D eigenvalue weighted by atomic mass is 35.5. The van der Waals surface area contributed by atoms with Crippen molar-refractivity contribution < 1.29 is 14.6 Å². The summed E-state index contributed by atoms with van der Waals surface area (Å²) in [5.74, 6) is 1.76. The Morgan fingerprint density at radius 2 is 1.93 bits per heavy atom. The number of benzene rings is 2. The molecule has 0 spiro atoms. The van der Waals surface area contributed by atoms with Crippen LogP contribution in [-0.4, -0.2) is 36.4 Å². The summed E-state index contributed by atoms with van der Waals surface area (Å²) in [6.45, 7) is 1.59. The van der Waals surface area contributed by atoms with Gasteiger partial charge in [-0.05, 0) is 37.0 Å². The topological polar surface area (TPSA) is 41.9 Å². The minimum atomic E-state index is -0.606. The second kappa shape index (κ2) is 8.55. The SMILES string of the molecule is COc1ccc([C@@H]2[C@H]3CCCC[C@]3(O)CCN2Cc2ccccc2Cl)c(OC)c1. The van der Waals surface area contributed by atoms with Gasteiger partial charge in [0.15, 0.2) is 0 Å². The first kappa shape index (κ1) is 20.5. The van der Waals surface area contributed by atoms with E-state index >= 15 is 0 Å². The number of fused-ring (bicyclic) bond motifs is 1. The van der Waals surface area contributed by atoms with E-state index in [0.717, 1.165) is 72.8 Å². The molecule has 0 aromatic heterocycles. The summed E-state index contributed by atoms with van der Waals surface area (Å²) in [7, 11) is 3.37. The number of piperidine rings is 1. The molecule has 0 amide bonds. The summed E-state index contributed by atoms with van der Waals surface area (Å²) in [5.41, 5.74) is 1.63. The highest BCUT2D eigenvalue weighted by Gasteiger charge is 2.49. The fraction of sp³-hybridized carbons (Fsp3) is 0.500. The first-order valence-electron chi connectivity index (χ1n) is 10.5. The third-order valence-electron chi connectivity index (χ3n) is 6.76. The van der Waals surface area contributed by atoms with Crippen LogP contribution in [0.5, 0.6) is 11.5 Å². The fourth-order valence-electron chi connectivity index (χ4n) is 5.24. The zero-order valence-electron chi connectivity index (χ0n) is 17.2. The number of ether oxygens (including phenoxy) is 2. The molecule has 0 unspecified atom stereocenters. The zero-order chi connectivity index (χ0) is 20.4. The average molecular weight is 416 g/mol. The first-order chi connectivity index (χ1) is 14.1. The molecule has 1 aliphatic carbocycles. The largest absolute Gasteiger partial charge is 0.497 e. The van der Waals surface area contributed by atoms with E-state index in [0.29, 0.717) is 0 Å². The molecule has 2 aromatic rings. The van der Waals surface area contributed by atoms with Crippen LogP contribution < -0.4 is 9.47 Å². The van der Waals surface area contributed by atoms with Gasteiger partial charge in [0.25, 0.3) is 0 Å². The number of aliphatic hydroxyl groups is 1. The van der Waals surface area contributed by atoms with Gasteiger partial charge in [-0.25, -0.2) is 0 Å². The molecule has 4 nitrogen and oxygen atoms in total. The minimum absolute atomic E-state index is 0.0752. The minimum Gasteiger partial charge on any atom is -0.497 e. The van der Waals surface area contributed by atoms with Gasteiger partial charge in [0, 0.05) is 41.7 Å². The van der Waals surface area contributed by atoms with E-state index in [9.17, 15) is 5.11 Å². The summed E-state index contributed by atoms with van der Waals surface area (Å²) in [6, 6.07) is 14.1. The van der Waals surface area contributed by atoms with Gasteiger partial charge in [-0.1, -0.05) is 48.7 Å². The highest BCUT2D eigenvalue weighted by Crippen LogP contribution is 2.51. The number of methoxy groups -OCH3 is 2. The Labute approximate surface area is 178 Å². The highest BCUT2D eigenvalue weighted by molar-refractivity contribution is 6.31. The molecule has 2 aromatic carbocycles. The van der Waals surface area contributed by atoms with Crippen molar-refractivity contribution >= 4 is 11.6 Å². The van der Waals surface area contributed by atoms with Crippen molar-refractivity contribution in [1.82, 2.24) is 4.90 Å². The summed E-state index contributed by atoms with van der Waals surface area (Å²) in [4.78, 5) is 2.47. The number of likely N-dealkylation sites (tertiary alicyclic amines) is 1. The predicted octanol–water partition coefficient (Wildman–Crippen LogP) is 5.23. The summed E-state index contributed by atoms with van der Waals surface area (Å²) in [5, 5.41) is 12.3. The van der Waals surface area contributed by atoms with Crippen molar-refractivity contribution in [1.29, 1.82) is 0 Å². The average Bonchev–Trinajstić information content (AvgIpc) is 2.75. The van der Waals surface area contributed by atoms with E-state index in [4.69, 9.17) is 21.1 Å². The van der Waals surface area contributed by atoms with Crippen molar-refractivity contribution in [2.24, 2.45) is 5.92 Å². The van der Waals surface area contributed by atoms with E-state index < -0.39 is 5.60 Å². The molecule has 0 radical (unpaired) electrons. The number of hydrogen-bond donors (Lipinski definition) is 1. The molecule has 156 valence electrons. The van der Waals surface area contributed by atoms with Gasteiger partial charge in [0.05, 0.1) is 19.8 Å². The smallest absolute Gasteiger partial charge is 0.127 e. The van der Waals surface area contributed by atoms with Crippen molar-refractivity contribution in [3.63, 3.8) is 0 Å². The molecular formula is C24H30ClNO3. The zero-order valence-corrected chi connectivity index (χ0v) is 18.0. The molecule has 1 N–H and O–H groups in total. The quantitative estimate of drug-likeness (QED) is 0.726. The van der Waals surface area contributed by atoms with E-state index in [1.807, 2.05) is 30.3 Å². The van der Waals surface area contributed by atoms with Gasteiger partial charge in [0.2, 0.25) is 0 Å². The fourth-order valence-corrected chi connectivity index (χ4v) is 5.44. The Morgan fingerprint density at radius 1 is 1.10 bits per heavy atom. The maximum Gasteiger partial charge on any atom is 0.127 e. The van der Waals surface area contributed by atoms with E-state index in [-0.39, 0.29) is 12.0 Å². The molecule has 1 aliphatic heterocycles. The normalized spacial score (nSPS) is 27.3. The van der Waals surface area contributed by atoms with Crippen molar-refractivity contribution in [2.45, 2.75) is 50.3 Å². The lowest BCUT2D eigenvalue weighted by atomic mass is 9.66. The maximum atomic E-state index is 11.5. The Bertz CT molecular complexity index is 858. The van der Waals surface area contributed by atoms with Crippen molar-refractivity contribution in [3.05, 3.63) is 58.6 Å². The number of nitrogens with zero attached hydrogens (tertiary/aromatic N) is 1. The van der Waals surface area contributed by atoms with Crippen LogP contribution in [0, 0.1) is 5.92 Å². The lowest BCUT2D eigenvalue weighted by Crippen LogP contribution is -2.54. The molecule has 1 heterocycles. The van der Waals surface area contributed by atoms with Crippen LogP contribution >= 0.6 is 11.6 Å². The van der Waals surface area contributed by atoms with E-state index in [1.165, 1.54) is 0 Å². The van der Waals surface area contributed by atoms with Crippen molar-refractivity contribution in [2.75, 3.05) is 20.8 Å². The van der Waals surface area contributed by atoms with E-state index in [2.05, 4.69) is 17.0 Å². The van der Waals surface area contributed by atoms with Crippen LogP contribution in [0.2, 0.25) is 5.02 Å². The van der Waals surface area contributed by atoms with Gasteiger partial charge in [-0.3, -0.25) is 4.90 Å². The van der Waals surface area contributed by atoms with Gasteiger partial charge in [-0.15, -0.1) is 0 Å². The molecule has 5 heteroatoms. The number of halogens is 1. The van der Waals surface area contributed by atoms with Gasteiger partial charge in [0.1, 0.15) is 11.5 Å². The van der Waals surface area contributed by atoms with Crippen molar-refractivity contribution in [3.8, 4) is 11.5 Å². The lowest BCUT2D eigenvalue weighted by molar-refractivity contribution is -0.126. The number of hydrogen-bond acceptors (Lipinski definition) is 4. The molecule has 1 saturated heterocycles. The lowest BCUT2D eigenvalue weighted by Gasteiger charge is -2.53. The van der Waals surface area contributed by atoms with Crippen LogP contribution in [-0.2, 0) is 6.54 Å². The second-order valence-corrected chi connectivity index (χ2v) is 8.73. The molecule has 3 atom stereocenters. The molecule has 2 aliphatic rings. The van der Waals surface area contributed by atoms with Crippen LogP contribution in [0.3, 0.4) is 0 Å². The second-order valence-electron chi connectivity index (χ2n) is 8.32. The molecule has 29 heavy (non-hydrogen) atoms. The maximum absolute atomic E-state index is 11.5.